The first-order valence-corrected chi connectivity index (χ1v) is 6.60. The van der Waals surface area contributed by atoms with Crippen LogP contribution in [0.3, 0.4) is 0 Å². The van der Waals surface area contributed by atoms with E-state index in [9.17, 15) is 0 Å². The monoisotopic (exact) mass is 244 g/mol. The van der Waals surface area contributed by atoms with Gasteiger partial charge >= 0.3 is 0 Å². The third kappa shape index (κ3) is 5.23. The van der Waals surface area contributed by atoms with E-state index in [1.807, 2.05) is 0 Å². The van der Waals surface area contributed by atoms with Crippen LogP contribution in [0, 0.1) is 5.92 Å². The molecule has 4 heteroatoms. The molecule has 2 atom stereocenters. The highest BCUT2D eigenvalue weighted by Crippen LogP contribution is 2.16. The number of nitrogens with zero attached hydrogens (tertiary/aromatic N) is 1. The van der Waals surface area contributed by atoms with Crippen molar-refractivity contribution < 1.29 is 4.74 Å². The number of ether oxygens (including phenoxy) is 1. The minimum atomic E-state index is 0.308. The predicted molar refractivity (Wildman–Crippen MR) is 71.7 cm³/mol. The first-order chi connectivity index (χ1) is 7.59. The van der Waals surface area contributed by atoms with Crippen LogP contribution in [-0.2, 0) is 4.74 Å². The molecule has 0 saturated carbocycles. The minimum absolute atomic E-state index is 0.308. The molecule has 0 aromatic rings. The molecule has 0 aromatic heterocycles. The van der Waals surface area contributed by atoms with Gasteiger partial charge in [0.2, 0.25) is 0 Å². The molecule has 2 N–H and O–H groups in total. The van der Waals surface area contributed by atoms with Gasteiger partial charge in [-0.1, -0.05) is 19.1 Å². The van der Waals surface area contributed by atoms with Gasteiger partial charge in [0.25, 0.3) is 0 Å². The van der Waals surface area contributed by atoms with Crippen molar-refractivity contribution >= 4 is 17.2 Å². The summed E-state index contributed by atoms with van der Waals surface area (Å²) in [6.07, 6.45) is 5.38. The zero-order valence-corrected chi connectivity index (χ0v) is 11.3. The molecule has 94 valence electrons. The molecular weight excluding hydrogens is 220 g/mol. The Hall–Kier alpha value is -0.190. The van der Waals surface area contributed by atoms with E-state index >= 15 is 0 Å². The fraction of sp³-hybridized carbons (Fsp3) is 0.917. The summed E-state index contributed by atoms with van der Waals surface area (Å²) in [4.78, 5) is 2.92. The van der Waals surface area contributed by atoms with Gasteiger partial charge in [0.15, 0.2) is 0 Å². The fourth-order valence-corrected chi connectivity index (χ4v) is 2.18. The maximum absolute atomic E-state index is 5.60. The van der Waals surface area contributed by atoms with Crippen LogP contribution in [0.25, 0.3) is 0 Å². The summed E-state index contributed by atoms with van der Waals surface area (Å²) in [5, 5.41) is 0. The average molecular weight is 244 g/mol. The Balaban J connectivity index is 2.05. The number of thiocarbonyl (C=S) groups is 1. The van der Waals surface area contributed by atoms with Crippen molar-refractivity contribution in [3.63, 3.8) is 0 Å². The summed E-state index contributed by atoms with van der Waals surface area (Å²) in [6, 6.07) is 0. The second-order valence-corrected chi connectivity index (χ2v) is 5.31. The van der Waals surface area contributed by atoms with Crippen LogP contribution in [0.5, 0.6) is 0 Å². The summed E-state index contributed by atoms with van der Waals surface area (Å²) in [5.74, 6) is 0.308. The largest absolute Gasteiger partial charge is 0.393 e. The molecule has 1 rings (SSSR count). The molecule has 1 saturated heterocycles. The van der Waals surface area contributed by atoms with E-state index in [1.54, 1.807) is 0 Å². The molecule has 0 aliphatic carbocycles. The topological polar surface area (TPSA) is 38.5 Å². The van der Waals surface area contributed by atoms with Crippen LogP contribution < -0.4 is 5.73 Å². The highest BCUT2D eigenvalue weighted by molar-refractivity contribution is 7.80. The third-order valence-corrected chi connectivity index (χ3v) is 3.56. The molecule has 0 amide bonds. The van der Waals surface area contributed by atoms with E-state index in [-0.39, 0.29) is 0 Å². The second-order valence-electron chi connectivity index (χ2n) is 4.84. The van der Waals surface area contributed by atoms with E-state index in [0.717, 1.165) is 19.7 Å². The van der Waals surface area contributed by atoms with E-state index in [1.165, 1.54) is 25.7 Å². The molecule has 1 heterocycles. The molecule has 0 spiro atoms. The second kappa shape index (κ2) is 7.20. The fourth-order valence-electron chi connectivity index (χ4n) is 2.11. The highest BCUT2D eigenvalue weighted by atomic mass is 32.1. The quantitative estimate of drug-likeness (QED) is 0.693. The van der Waals surface area contributed by atoms with Gasteiger partial charge in [-0.2, -0.15) is 0 Å². The summed E-state index contributed by atoms with van der Waals surface area (Å²) >= 11 is 4.97. The number of nitrogens with two attached hydrogens (primary N) is 1. The van der Waals surface area contributed by atoms with Gasteiger partial charge in [-0.15, -0.1) is 0 Å². The number of hydrogen-bond donors (Lipinski definition) is 1. The Morgan fingerprint density at radius 3 is 2.94 bits per heavy atom. The first-order valence-electron chi connectivity index (χ1n) is 6.19. The summed E-state index contributed by atoms with van der Waals surface area (Å²) in [5.41, 5.74) is 5.60. The zero-order valence-electron chi connectivity index (χ0n) is 10.4. The molecule has 0 radical (unpaired) electrons. The van der Waals surface area contributed by atoms with E-state index < -0.39 is 0 Å². The smallest absolute Gasteiger partial charge is 0.0768 e. The van der Waals surface area contributed by atoms with E-state index in [4.69, 9.17) is 22.7 Å². The normalized spacial score (nSPS) is 22.6. The summed E-state index contributed by atoms with van der Waals surface area (Å²) in [6.45, 7) is 5.10. The lowest BCUT2D eigenvalue weighted by Crippen LogP contribution is -2.32. The van der Waals surface area contributed by atoms with Gasteiger partial charge < -0.3 is 15.4 Å². The molecule has 16 heavy (non-hydrogen) atoms. The van der Waals surface area contributed by atoms with Crippen molar-refractivity contribution in [1.82, 2.24) is 4.90 Å². The van der Waals surface area contributed by atoms with Crippen molar-refractivity contribution in [2.45, 2.75) is 38.7 Å². The van der Waals surface area contributed by atoms with Crippen LogP contribution in [0.1, 0.15) is 32.6 Å². The summed E-state index contributed by atoms with van der Waals surface area (Å²) in [7, 11) is 2.13. The maximum Gasteiger partial charge on any atom is 0.0768 e. The van der Waals surface area contributed by atoms with Crippen LogP contribution in [0.2, 0.25) is 0 Å². The predicted octanol–water partition coefficient (Wildman–Crippen LogP) is 1.80. The van der Waals surface area contributed by atoms with Crippen molar-refractivity contribution in [1.29, 1.82) is 0 Å². The van der Waals surface area contributed by atoms with Crippen LogP contribution >= 0.6 is 12.2 Å². The van der Waals surface area contributed by atoms with Gasteiger partial charge in [0.05, 0.1) is 11.1 Å². The van der Waals surface area contributed by atoms with Crippen molar-refractivity contribution in [3.8, 4) is 0 Å². The Kier molecular flexibility index (Phi) is 6.24. The minimum Gasteiger partial charge on any atom is -0.393 e. The average Bonchev–Trinajstić information content (AvgIpc) is 2.70. The molecule has 2 unspecified atom stereocenters. The zero-order chi connectivity index (χ0) is 12.0. The van der Waals surface area contributed by atoms with E-state index in [2.05, 4.69) is 18.9 Å². The third-order valence-electron chi connectivity index (χ3n) is 3.16. The molecule has 0 aromatic carbocycles. The van der Waals surface area contributed by atoms with Crippen LogP contribution in [0.15, 0.2) is 0 Å². The Bertz CT molecular complexity index is 217. The van der Waals surface area contributed by atoms with Crippen molar-refractivity contribution in [2.24, 2.45) is 11.7 Å². The lowest BCUT2D eigenvalue weighted by atomic mass is 10.1. The molecule has 3 nitrogen and oxygen atoms in total. The highest BCUT2D eigenvalue weighted by Gasteiger charge is 2.15. The first kappa shape index (κ1) is 13.9. The Morgan fingerprint density at radius 1 is 1.62 bits per heavy atom. The molecule has 1 aliphatic heterocycles. The van der Waals surface area contributed by atoms with Crippen LogP contribution in [-0.4, -0.2) is 42.7 Å². The van der Waals surface area contributed by atoms with Gasteiger partial charge in [-0.05, 0) is 39.3 Å². The van der Waals surface area contributed by atoms with Gasteiger partial charge in [-0.25, -0.2) is 0 Å². The maximum atomic E-state index is 5.60. The lowest BCUT2D eigenvalue weighted by molar-refractivity contribution is 0.0995. The van der Waals surface area contributed by atoms with E-state index in [0.29, 0.717) is 17.0 Å². The molecular formula is C12H24N2OS. The molecule has 1 fully saturated rings. The van der Waals surface area contributed by atoms with Crippen molar-refractivity contribution in [2.75, 3.05) is 26.7 Å². The molecule has 0 bridgehead atoms. The number of hydrogen-bond acceptors (Lipinski definition) is 3. The van der Waals surface area contributed by atoms with Crippen molar-refractivity contribution in [3.05, 3.63) is 0 Å². The Labute approximate surface area is 104 Å². The number of rotatable bonds is 7. The SMILES string of the molecule is CC(CN(C)CCCC1CCCO1)C(N)=S. The summed E-state index contributed by atoms with van der Waals surface area (Å²) < 4.78 is 5.59. The van der Waals surface area contributed by atoms with Gasteiger partial charge in [0.1, 0.15) is 0 Å². The standard InChI is InChI=1S/C12H24N2OS/c1-10(12(13)16)9-14(2)7-3-5-11-6-4-8-15-11/h10-11H,3-9H2,1-2H3,(H2,13,16). The van der Waals surface area contributed by atoms with Crippen LogP contribution in [0.4, 0.5) is 0 Å². The Morgan fingerprint density at radius 2 is 2.38 bits per heavy atom. The lowest BCUT2D eigenvalue weighted by Gasteiger charge is -2.21. The van der Waals surface area contributed by atoms with Gasteiger partial charge in [-0.3, -0.25) is 0 Å². The molecule has 1 aliphatic rings. The van der Waals surface area contributed by atoms with Gasteiger partial charge in [0, 0.05) is 19.1 Å².